The summed E-state index contributed by atoms with van der Waals surface area (Å²) in [6.07, 6.45) is 0.843. The van der Waals surface area contributed by atoms with E-state index in [1.807, 2.05) is 0 Å². The third kappa shape index (κ3) is 1.95. The molecule has 4 rings (SSSR count). The van der Waals surface area contributed by atoms with Crippen molar-refractivity contribution in [3.63, 3.8) is 0 Å². The normalized spacial score (nSPS) is 37.2. The van der Waals surface area contributed by atoms with Crippen molar-refractivity contribution >= 4 is 55.3 Å². The molecule has 1 aromatic rings. The highest BCUT2D eigenvalue weighted by atomic mass is 79.9. The highest BCUT2D eigenvalue weighted by Gasteiger charge is 2.66. The van der Waals surface area contributed by atoms with E-state index in [1.165, 1.54) is 18.2 Å². The van der Waals surface area contributed by atoms with Gasteiger partial charge in [0.1, 0.15) is 11.3 Å². The minimum absolute atomic E-state index is 0.109. The summed E-state index contributed by atoms with van der Waals surface area (Å²) in [6, 6.07) is 3.76. The Morgan fingerprint density at radius 3 is 2.08 bits per heavy atom. The Balaban J connectivity index is 1.72. The fraction of sp³-hybridized carbons (Fsp3) is 0.438. The molecule has 0 radical (unpaired) electrons. The quantitative estimate of drug-likeness (QED) is 0.524. The van der Waals surface area contributed by atoms with Crippen molar-refractivity contribution < 1.29 is 24.6 Å². The van der Waals surface area contributed by atoms with E-state index < -0.39 is 11.7 Å². The average molecular weight is 459 g/mol. The molecular weight excluding hydrogens is 446 g/mol. The number of fused-ring (bicyclic) bond motifs is 5. The Labute approximate surface area is 154 Å². The summed E-state index contributed by atoms with van der Waals surface area (Å²) in [7, 11) is 0. The fourth-order valence-electron chi connectivity index (χ4n) is 4.44. The first-order valence-corrected chi connectivity index (χ1v) is 9.38. The van der Waals surface area contributed by atoms with E-state index in [0.717, 1.165) is 11.3 Å². The smallest absolute Gasteiger partial charge is 0.339 e. The van der Waals surface area contributed by atoms with E-state index in [0.29, 0.717) is 0 Å². The molecule has 1 saturated heterocycles. The van der Waals surface area contributed by atoms with Gasteiger partial charge in [-0.15, -0.1) is 0 Å². The SMILES string of the molecule is O=C(O)c1ccc(N2C(=O)[C@@H]3[C@H]4C[C@@H]([C@H](Br)[C@H]4Br)[C@H]3C2=O)cc1O. The third-order valence-corrected chi connectivity index (χ3v) is 8.66. The first-order valence-electron chi connectivity index (χ1n) is 7.55. The summed E-state index contributed by atoms with van der Waals surface area (Å²) in [5.74, 6) is -2.72. The van der Waals surface area contributed by atoms with Crippen molar-refractivity contribution in [3.05, 3.63) is 23.8 Å². The van der Waals surface area contributed by atoms with E-state index >= 15 is 0 Å². The highest BCUT2D eigenvalue weighted by Crippen LogP contribution is 2.60. The standard InChI is InChI=1S/C16H13Br2NO5/c17-12-7-4-8(13(12)18)11-10(7)14(21)19(15(11)22)5-1-2-6(16(23)24)9(20)3-5/h1-3,7-8,10-13,20H,4H2,(H,23,24)/t7-,8-,10-,11-,12+,13+/m1/s1. The van der Waals surface area contributed by atoms with Crippen LogP contribution in [-0.4, -0.2) is 37.7 Å². The number of carbonyl (C=O) groups excluding carboxylic acids is 2. The number of carboxylic acid groups (broad SMARTS) is 1. The molecule has 2 amide bonds. The summed E-state index contributed by atoms with van der Waals surface area (Å²) in [6.45, 7) is 0. The fourth-order valence-corrected chi connectivity index (χ4v) is 6.32. The lowest BCUT2D eigenvalue weighted by Gasteiger charge is -2.28. The van der Waals surface area contributed by atoms with Gasteiger partial charge in [0.05, 0.1) is 17.5 Å². The molecule has 6 atom stereocenters. The largest absolute Gasteiger partial charge is 0.507 e. The Bertz CT molecular complexity index is 750. The van der Waals surface area contributed by atoms with Gasteiger partial charge in [0.15, 0.2) is 0 Å². The molecule has 2 bridgehead atoms. The number of carboxylic acids is 1. The molecule has 2 N–H and O–H groups in total. The summed E-state index contributed by atoms with van der Waals surface area (Å²) >= 11 is 7.25. The highest BCUT2D eigenvalue weighted by molar-refractivity contribution is 9.12. The maximum atomic E-state index is 12.8. The molecule has 3 fully saturated rings. The lowest BCUT2D eigenvalue weighted by atomic mass is 9.81. The second-order valence-corrected chi connectivity index (χ2v) is 8.64. The van der Waals surface area contributed by atoms with Crippen molar-refractivity contribution in [3.8, 4) is 5.75 Å². The van der Waals surface area contributed by atoms with Gasteiger partial charge in [0.25, 0.3) is 0 Å². The average Bonchev–Trinajstić information content (AvgIpc) is 3.12. The second-order valence-electron chi connectivity index (χ2n) is 6.52. The van der Waals surface area contributed by atoms with Gasteiger partial charge in [-0.2, -0.15) is 0 Å². The molecule has 126 valence electrons. The van der Waals surface area contributed by atoms with Crippen molar-refractivity contribution in [2.45, 2.75) is 16.1 Å². The molecule has 1 heterocycles. The van der Waals surface area contributed by atoms with E-state index in [1.54, 1.807) is 0 Å². The molecule has 1 aromatic carbocycles. The zero-order valence-electron chi connectivity index (χ0n) is 12.2. The maximum absolute atomic E-state index is 12.8. The van der Waals surface area contributed by atoms with Crippen LogP contribution in [0, 0.1) is 23.7 Å². The van der Waals surface area contributed by atoms with Crippen LogP contribution in [-0.2, 0) is 9.59 Å². The Hall–Kier alpha value is -1.41. The van der Waals surface area contributed by atoms with Gasteiger partial charge in [0, 0.05) is 15.7 Å². The van der Waals surface area contributed by atoms with Crippen LogP contribution in [0.15, 0.2) is 18.2 Å². The zero-order valence-corrected chi connectivity index (χ0v) is 15.4. The number of phenols is 1. The number of imide groups is 1. The molecular formula is C16H13Br2NO5. The van der Waals surface area contributed by atoms with E-state index in [9.17, 15) is 19.5 Å². The zero-order chi connectivity index (χ0) is 17.3. The predicted octanol–water partition coefficient (Wildman–Crippen LogP) is 2.37. The van der Waals surface area contributed by atoms with Crippen molar-refractivity contribution in [1.29, 1.82) is 0 Å². The number of aromatic carboxylic acids is 1. The van der Waals surface area contributed by atoms with E-state index in [2.05, 4.69) is 31.9 Å². The molecule has 0 spiro atoms. The maximum Gasteiger partial charge on any atom is 0.339 e. The summed E-state index contributed by atoms with van der Waals surface area (Å²) in [5, 5.41) is 18.8. The van der Waals surface area contributed by atoms with Gasteiger partial charge in [-0.3, -0.25) is 9.59 Å². The van der Waals surface area contributed by atoms with Crippen LogP contribution in [0.4, 0.5) is 5.69 Å². The predicted molar refractivity (Wildman–Crippen MR) is 91.6 cm³/mol. The number of nitrogens with zero attached hydrogens (tertiary/aromatic N) is 1. The number of hydrogen-bond acceptors (Lipinski definition) is 4. The second kappa shape index (κ2) is 5.29. The molecule has 1 aliphatic heterocycles. The van der Waals surface area contributed by atoms with Gasteiger partial charge in [-0.1, -0.05) is 31.9 Å². The minimum Gasteiger partial charge on any atom is -0.507 e. The lowest BCUT2D eigenvalue weighted by Crippen LogP contribution is -2.37. The number of amides is 2. The number of benzene rings is 1. The molecule has 8 heteroatoms. The van der Waals surface area contributed by atoms with Crippen LogP contribution < -0.4 is 4.90 Å². The number of anilines is 1. The van der Waals surface area contributed by atoms with Crippen molar-refractivity contribution in [1.82, 2.24) is 0 Å². The molecule has 6 nitrogen and oxygen atoms in total. The van der Waals surface area contributed by atoms with Crippen molar-refractivity contribution in [2.75, 3.05) is 4.90 Å². The minimum atomic E-state index is -1.27. The first-order chi connectivity index (χ1) is 11.3. The van der Waals surface area contributed by atoms with E-state index in [-0.39, 0.29) is 56.4 Å². The Morgan fingerprint density at radius 2 is 1.62 bits per heavy atom. The van der Waals surface area contributed by atoms with Gasteiger partial charge in [-0.25, -0.2) is 9.69 Å². The molecule has 3 aliphatic rings. The number of hydrogen-bond donors (Lipinski definition) is 2. The van der Waals surface area contributed by atoms with E-state index in [4.69, 9.17) is 5.11 Å². The summed E-state index contributed by atoms with van der Waals surface area (Å²) < 4.78 is 0. The molecule has 0 aromatic heterocycles. The van der Waals surface area contributed by atoms with Crippen LogP contribution >= 0.6 is 31.9 Å². The number of carbonyl (C=O) groups is 3. The van der Waals surface area contributed by atoms with Crippen LogP contribution in [0.25, 0.3) is 0 Å². The van der Waals surface area contributed by atoms with Gasteiger partial charge in [0.2, 0.25) is 11.8 Å². The van der Waals surface area contributed by atoms with Crippen molar-refractivity contribution in [2.24, 2.45) is 23.7 Å². The Kier molecular flexibility index (Phi) is 3.55. The molecule has 2 saturated carbocycles. The number of rotatable bonds is 2. The number of aromatic hydroxyl groups is 1. The lowest BCUT2D eigenvalue weighted by molar-refractivity contribution is -0.123. The molecule has 0 unspecified atom stereocenters. The van der Waals surface area contributed by atoms with Crippen LogP contribution in [0.5, 0.6) is 5.75 Å². The van der Waals surface area contributed by atoms with Crippen LogP contribution in [0.2, 0.25) is 0 Å². The van der Waals surface area contributed by atoms with Gasteiger partial charge >= 0.3 is 5.97 Å². The summed E-state index contributed by atoms with van der Waals surface area (Å²) in [5.41, 5.74) is -0.0438. The molecule has 2 aliphatic carbocycles. The van der Waals surface area contributed by atoms with Gasteiger partial charge < -0.3 is 10.2 Å². The Morgan fingerprint density at radius 1 is 1.08 bits per heavy atom. The summed E-state index contributed by atoms with van der Waals surface area (Å²) in [4.78, 5) is 38.1. The van der Waals surface area contributed by atoms with Crippen LogP contribution in [0.1, 0.15) is 16.8 Å². The topological polar surface area (TPSA) is 94.9 Å². The molecule has 24 heavy (non-hydrogen) atoms. The number of halogens is 2. The van der Waals surface area contributed by atoms with Gasteiger partial charge in [-0.05, 0) is 30.4 Å². The first kappa shape index (κ1) is 16.1. The third-order valence-electron chi connectivity index (χ3n) is 5.46. The van der Waals surface area contributed by atoms with Crippen LogP contribution in [0.3, 0.4) is 0 Å². The monoisotopic (exact) mass is 457 g/mol. The number of alkyl halides is 2.